The van der Waals surface area contributed by atoms with Gasteiger partial charge in [0.1, 0.15) is 31.2 Å². The van der Waals surface area contributed by atoms with Crippen LogP contribution in [-0.4, -0.2) is 69.6 Å². The standard InChI is InChI=1S/C6H12O6.CH2O.Na.H/c7-1-3(9)5(11)6(12)4(10)2-8;1-2;;/h1,3-6,8-12H,2H2;1H2;;/q;;+1;-1/t3-,4+,5+,6+;;;/m0.../s1. The van der Waals surface area contributed by atoms with Crippen LogP contribution in [0, 0.1) is 0 Å². The fourth-order valence-corrected chi connectivity index (χ4v) is 0.618. The maximum absolute atomic E-state index is 9.90. The molecule has 0 saturated carbocycles. The van der Waals surface area contributed by atoms with Crippen molar-refractivity contribution in [1.82, 2.24) is 0 Å². The molecule has 86 valence electrons. The molecule has 0 spiro atoms. The van der Waals surface area contributed by atoms with Gasteiger partial charge in [0.25, 0.3) is 0 Å². The fourth-order valence-electron chi connectivity index (χ4n) is 0.618. The third-order valence-corrected chi connectivity index (χ3v) is 1.42. The molecule has 0 aliphatic heterocycles. The van der Waals surface area contributed by atoms with Crippen LogP contribution < -0.4 is 29.6 Å². The predicted octanol–water partition coefficient (Wildman–Crippen LogP) is -6.45. The fraction of sp³-hybridized carbons (Fsp3) is 0.714. The Morgan fingerprint density at radius 1 is 1.13 bits per heavy atom. The molecule has 7 nitrogen and oxygen atoms in total. The minimum atomic E-state index is -1.79. The van der Waals surface area contributed by atoms with Crippen molar-refractivity contribution in [2.45, 2.75) is 24.4 Å². The molecule has 15 heavy (non-hydrogen) atoms. The van der Waals surface area contributed by atoms with E-state index in [0.29, 0.717) is 0 Å². The number of hydrogen-bond donors (Lipinski definition) is 5. The second kappa shape index (κ2) is 12.2. The maximum atomic E-state index is 9.90. The molecule has 0 aromatic rings. The van der Waals surface area contributed by atoms with E-state index in [1.165, 1.54) is 0 Å². The Labute approximate surface area is 110 Å². The second-order valence-electron chi connectivity index (χ2n) is 2.36. The van der Waals surface area contributed by atoms with E-state index >= 15 is 0 Å². The smallest absolute Gasteiger partial charge is 1.00 e. The molecule has 0 aliphatic rings. The summed E-state index contributed by atoms with van der Waals surface area (Å²) in [5, 5.41) is 43.5. The number of aliphatic hydroxyl groups excluding tert-OH is 5. The summed E-state index contributed by atoms with van der Waals surface area (Å²) in [5.41, 5.74) is 0. The van der Waals surface area contributed by atoms with Gasteiger partial charge < -0.3 is 36.5 Å². The van der Waals surface area contributed by atoms with E-state index in [9.17, 15) is 4.79 Å². The van der Waals surface area contributed by atoms with E-state index in [0.717, 1.165) is 0 Å². The van der Waals surface area contributed by atoms with Crippen molar-refractivity contribution in [2.75, 3.05) is 6.61 Å². The van der Waals surface area contributed by atoms with Crippen LogP contribution >= 0.6 is 0 Å². The topological polar surface area (TPSA) is 135 Å². The predicted molar refractivity (Wildman–Crippen MR) is 45.4 cm³/mol. The molecular formula is C7H15NaO7. The summed E-state index contributed by atoms with van der Waals surface area (Å²) < 4.78 is 0. The number of carbonyl (C=O) groups excluding carboxylic acids is 2. The van der Waals surface area contributed by atoms with Gasteiger partial charge in [0.15, 0.2) is 6.29 Å². The summed E-state index contributed by atoms with van der Waals surface area (Å²) in [6.07, 6.45) is -6.84. The van der Waals surface area contributed by atoms with Gasteiger partial charge in [0.2, 0.25) is 0 Å². The van der Waals surface area contributed by atoms with E-state index in [-0.39, 0.29) is 37.3 Å². The van der Waals surface area contributed by atoms with Crippen LogP contribution in [0.4, 0.5) is 0 Å². The molecule has 4 atom stereocenters. The number of hydrogen-bond acceptors (Lipinski definition) is 7. The van der Waals surface area contributed by atoms with E-state index in [2.05, 4.69) is 0 Å². The average Bonchev–Trinajstić information content (AvgIpc) is 2.27. The second-order valence-corrected chi connectivity index (χ2v) is 2.36. The van der Waals surface area contributed by atoms with Gasteiger partial charge in [0, 0.05) is 0 Å². The monoisotopic (exact) mass is 234 g/mol. The summed E-state index contributed by atoms with van der Waals surface area (Å²) >= 11 is 0. The van der Waals surface area contributed by atoms with Gasteiger partial charge >= 0.3 is 29.6 Å². The van der Waals surface area contributed by atoms with Gasteiger partial charge in [-0.2, -0.15) is 0 Å². The van der Waals surface area contributed by atoms with Crippen LogP contribution in [-0.2, 0) is 9.59 Å². The zero-order valence-corrected chi connectivity index (χ0v) is 10.4. The zero-order valence-electron chi connectivity index (χ0n) is 9.35. The van der Waals surface area contributed by atoms with E-state index in [1.54, 1.807) is 0 Å². The molecule has 8 heteroatoms. The first-order valence-corrected chi connectivity index (χ1v) is 3.61. The molecule has 0 bridgehead atoms. The number of aldehydes is 1. The quantitative estimate of drug-likeness (QED) is 0.236. The normalized spacial score (nSPS) is 17.1. The van der Waals surface area contributed by atoms with Crippen molar-refractivity contribution in [1.29, 1.82) is 0 Å². The summed E-state index contributed by atoms with van der Waals surface area (Å²) in [6, 6.07) is 0. The third kappa shape index (κ3) is 8.00. The zero-order chi connectivity index (χ0) is 11.7. The Morgan fingerprint density at radius 2 is 1.53 bits per heavy atom. The molecule has 0 amide bonds. The first-order valence-electron chi connectivity index (χ1n) is 3.61. The van der Waals surface area contributed by atoms with Crippen molar-refractivity contribution >= 4 is 13.1 Å². The molecule has 0 aromatic heterocycles. The van der Waals surface area contributed by atoms with Crippen LogP contribution in [0.5, 0.6) is 0 Å². The molecule has 0 aromatic carbocycles. The number of rotatable bonds is 5. The van der Waals surface area contributed by atoms with Crippen molar-refractivity contribution in [3.8, 4) is 0 Å². The van der Waals surface area contributed by atoms with Crippen molar-refractivity contribution < 1.29 is 66.1 Å². The Balaban J connectivity index is -0.000000169. The summed E-state index contributed by atoms with van der Waals surface area (Å²) in [6.45, 7) is 1.24. The minimum Gasteiger partial charge on any atom is -1.00 e. The van der Waals surface area contributed by atoms with Crippen LogP contribution in [0.1, 0.15) is 1.43 Å². The largest absolute Gasteiger partial charge is 1.00 e. The van der Waals surface area contributed by atoms with Gasteiger partial charge in [-0.05, 0) is 0 Å². The minimum absolute atomic E-state index is 0. The van der Waals surface area contributed by atoms with Crippen molar-refractivity contribution in [3.63, 3.8) is 0 Å². The van der Waals surface area contributed by atoms with Gasteiger partial charge in [-0.3, -0.25) is 0 Å². The summed E-state index contributed by atoms with van der Waals surface area (Å²) in [7, 11) is 0. The van der Waals surface area contributed by atoms with E-state index in [1.807, 2.05) is 6.79 Å². The molecule has 0 radical (unpaired) electrons. The Bertz CT molecular complexity index is 162. The average molecular weight is 234 g/mol. The molecule has 5 N–H and O–H groups in total. The number of aliphatic hydroxyl groups is 5. The molecular weight excluding hydrogens is 219 g/mol. The van der Waals surface area contributed by atoms with Crippen LogP contribution in [0.3, 0.4) is 0 Å². The number of carbonyl (C=O) groups is 2. The first-order chi connectivity index (χ1) is 6.54. The molecule has 0 heterocycles. The molecule has 0 saturated heterocycles. The Morgan fingerprint density at radius 3 is 1.80 bits per heavy atom. The Kier molecular flexibility index (Phi) is 16.7. The third-order valence-electron chi connectivity index (χ3n) is 1.42. The summed E-state index contributed by atoms with van der Waals surface area (Å²) in [4.78, 5) is 17.9. The van der Waals surface area contributed by atoms with Crippen LogP contribution in [0.2, 0.25) is 0 Å². The van der Waals surface area contributed by atoms with Gasteiger partial charge in [-0.1, -0.05) is 0 Å². The molecule has 0 unspecified atom stereocenters. The first kappa shape index (κ1) is 20.5. The molecule has 0 aliphatic carbocycles. The van der Waals surface area contributed by atoms with Gasteiger partial charge in [-0.25, -0.2) is 0 Å². The van der Waals surface area contributed by atoms with Crippen molar-refractivity contribution in [2.24, 2.45) is 0 Å². The van der Waals surface area contributed by atoms with E-state index in [4.69, 9.17) is 30.3 Å². The molecule has 0 rings (SSSR count). The summed E-state index contributed by atoms with van der Waals surface area (Å²) in [5.74, 6) is 0. The van der Waals surface area contributed by atoms with Gasteiger partial charge in [-0.15, -0.1) is 0 Å². The van der Waals surface area contributed by atoms with Crippen molar-refractivity contribution in [3.05, 3.63) is 0 Å². The van der Waals surface area contributed by atoms with Crippen LogP contribution in [0.25, 0.3) is 0 Å². The van der Waals surface area contributed by atoms with Gasteiger partial charge in [0.05, 0.1) is 6.61 Å². The maximum Gasteiger partial charge on any atom is 1.00 e. The Hall–Kier alpha value is 0.140. The van der Waals surface area contributed by atoms with Crippen LogP contribution in [0.15, 0.2) is 0 Å². The van der Waals surface area contributed by atoms with E-state index < -0.39 is 31.0 Å². The SMILES string of the molecule is C=O.O=C[C@H](O)[C@@H](O)[C@H](O)[C@H](O)CO.[H-].[Na+]. The molecule has 0 fully saturated rings.